The fraction of sp³-hybridized carbons (Fsp3) is 0. The predicted octanol–water partition coefficient (Wildman–Crippen LogP) is 3.94. The van der Waals surface area contributed by atoms with Gasteiger partial charge in [0.25, 0.3) is 10.0 Å². The molecule has 24 heavy (non-hydrogen) atoms. The molecule has 118 valence electrons. The third kappa shape index (κ3) is 2.39. The average molecular weight is 334 g/mol. The number of aromatic nitrogens is 2. The molecule has 1 aromatic heterocycles. The Hall–Kier alpha value is -2.92. The molecule has 4 rings (SSSR count). The van der Waals surface area contributed by atoms with Crippen LogP contribution in [0.25, 0.3) is 22.0 Å². The molecule has 1 heterocycles. The van der Waals surface area contributed by atoms with Crippen molar-refractivity contribution in [3.8, 4) is 11.3 Å². The van der Waals surface area contributed by atoms with E-state index in [4.69, 9.17) is 0 Å². The smallest absolute Gasteiger partial charge is 0.199 e. The third-order valence-electron chi connectivity index (χ3n) is 3.93. The van der Waals surface area contributed by atoms with Gasteiger partial charge in [-0.15, -0.1) is 0 Å². The maximum atomic E-state index is 13.0. The Morgan fingerprint density at radius 1 is 0.750 bits per heavy atom. The average Bonchev–Trinajstić information content (AvgIpc) is 3.13. The minimum atomic E-state index is -3.76. The Kier molecular flexibility index (Phi) is 3.43. The van der Waals surface area contributed by atoms with Crippen LogP contribution >= 0.6 is 0 Å². The van der Waals surface area contributed by atoms with Crippen molar-refractivity contribution in [2.45, 2.75) is 4.90 Å². The fourth-order valence-corrected chi connectivity index (χ4v) is 4.04. The van der Waals surface area contributed by atoms with Crippen LogP contribution in [0.4, 0.5) is 0 Å². The summed E-state index contributed by atoms with van der Waals surface area (Å²) in [6, 6.07) is 23.8. The Balaban J connectivity index is 1.88. The molecule has 0 fully saturated rings. The van der Waals surface area contributed by atoms with Crippen LogP contribution in [0.5, 0.6) is 0 Å². The summed E-state index contributed by atoms with van der Waals surface area (Å²) in [5.74, 6) is 0. The summed E-state index contributed by atoms with van der Waals surface area (Å²) in [5.41, 5.74) is 1.35. The van der Waals surface area contributed by atoms with Crippen molar-refractivity contribution >= 4 is 20.8 Å². The molecule has 4 aromatic rings. The Morgan fingerprint density at radius 2 is 1.46 bits per heavy atom. The summed E-state index contributed by atoms with van der Waals surface area (Å²) in [6.07, 6.45) is 1.50. The molecule has 0 amide bonds. The van der Waals surface area contributed by atoms with Crippen molar-refractivity contribution < 1.29 is 8.42 Å². The first kappa shape index (κ1) is 14.7. The van der Waals surface area contributed by atoms with Gasteiger partial charge in [-0.3, -0.25) is 0 Å². The van der Waals surface area contributed by atoms with Crippen molar-refractivity contribution in [1.29, 1.82) is 0 Å². The van der Waals surface area contributed by atoms with Crippen LogP contribution in [-0.4, -0.2) is 17.6 Å². The van der Waals surface area contributed by atoms with Gasteiger partial charge in [0.05, 0.1) is 16.8 Å². The molecule has 3 aromatic carbocycles. The van der Waals surface area contributed by atoms with Crippen molar-refractivity contribution in [1.82, 2.24) is 9.19 Å². The summed E-state index contributed by atoms with van der Waals surface area (Å²) in [5, 5.41) is 5.93. The van der Waals surface area contributed by atoms with E-state index < -0.39 is 10.0 Å². The van der Waals surface area contributed by atoms with E-state index in [1.54, 1.807) is 18.2 Å². The lowest BCUT2D eigenvalue weighted by atomic mass is 10.1. The van der Waals surface area contributed by atoms with E-state index in [-0.39, 0.29) is 4.90 Å². The number of hydrogen-bond acceptors (Lipinski definition) is 3. The zero-order valence-corrected chi connectivity index (χ0v) is 13.5. The number of hydrogen-bond donors (Lipinski definition) is 0. The van der Waals surface area contributed by atoms with E-state index in [0.717, 1.165) is 20.4 Å². The highest BCUT2D eigenvalue weighted by atomic mass is 32.2. The van der Waals surface area contributed by atoms with Crippen LogP contribution in [0.1, 0.15) is 0 Å². The number of fused-ring (bicyclic) bond motifs is 1. The van der Waals surface area contributed by atoms with E-state index in [9.17, 15) is 8.42 Å². The maximum absolute atomic E-state index is 13.0. The number of rotatable bonds is 3. The van der Waals surface area contributed by atoms with Gasteiger partial charge in [-0.1, -0.05) is 60.7 Å². The highest BCUT2D eigenvalue weighted by Crippen LogP contribution is 2.25. The molecule has 0 saturated carbocycles. The van der Waals surface area contributed by atoms with Gasteiger partial charge >= 0.3 is 0 Å². The Morgan fingerprint density at radius 3 is 2.25 bits per heavy atom. The second kappa shape index (κ2) is 5.62. The lowest BCUT2D eigenvalue weighted by Crippen LogP contribution is -2.15. The van der Waals surface area contributed by atoms with Crippen molar-refractivity contribution in [2.24, 2.45) is 0 Å². The Labute approximate surface area is 140 Å². The molecule has 4 nitrogen and oxygen atoms in total. The number of nitrogens with zero attached hydrogens (tertiary/aromatic N) is 2. The summed E-state index contributed by atoms with van der Waals surface area (Å²) in [7, 11) is -3.76. The summed E-state index contributed by atoms with van der Waals surface area (Å²) in [4.78, 5) is 0.224. The lowest BCUT2D eigenvalue weighted by Gasteiger charge is -2.10. The first-order valence-electron chi connectivity index (χ1n) is 7.50. The standard InChI is InChI=1S/C19H14N2O2S/c22-24(23,18-11-10-15-6-4-5-9-17(15)14-18)21-19(12-13-20-21)16-7-2-1-3-8-16/h1-14H. The lowest BCUT2D eigenvalue weighted by molar-refractivity contribution is 0.581. The molecular formula is C19H14N2O2S. The van der Waals surface area contributed by atoms with Gasteiger partial charge < -0.3 is 0 Å². The van der Waals surface area contributed by atoms with Crippen molar-refractivity contribution in [3.63, 3.8) is 0 Å². The van der Waals surface area contributed by atoms with Crippen LogP contribution < -0.4 is 0 Å². The molecule has 0 radical (unpaired) electrons. The van der Waals surface area contributed by atoms with Gasteiger partial charge in [-0.25, -0.2) is 0 Å². The first-order chi connectivity index (χ1) is 11.7. The van der Waals surface area contributed by atoms with E-state index in [1.165, 1.54) is 6.20 Å². The second-order valence-electron chi connectivity index (χ2n) is 5.44. The predicted molar refractivity (Wildman–Crippen MR) is 94.2 cm³/mol. The Bertz CT molecular complexity index is 1120. The van der Waals surface area contributed by atoms with E-state index >= 15 is 0 Å². The fourth-order valence-electron chi connectivity index (χ4n) is 2.73. The van der Waals surface area contributed by atoms with Crippen LogP contribution in [0.3, 0.4) is 0 Å². The van der Waals surface area contributed by atoms with Gasteiger partial charge in [0, 0.05) is 5.56 Å². The zero-order valence-electron chi connectivity index (χ0n) is 12.7. The highest BCUT2D eigenvalue weighted by molar-refractivity contribution is 7.90. The van der Waals surface area contributed by atoms with Gasteiger partial charge in [0.2, 0.25) is 0 Å². The maximum Gasteiger partial charge on any atom is 0.283 e. The molecular weight excluding hydrogens is 320 g/mol. The first-order valence-corrected chi connectivity index (χ1v) is 8.94. The highest BCUT2D eigenvalue weighted by Gasteiger charge is 2.21. The monoisotopic (exact) mass is 334 g/mol. The van der Waals surface area contributed by atoms with E-state index in [0.29, 0.717) is 5.69 Å². The van der Waals surface area contributed by atoms with E-state index in [2.05, 4.69) is 5.10 Å². The minimum Gasteiger partial charge on any atom is -0.199 e. The quantitative estimate of drug-likeness (QED) is 0.570. The van der Waals surface area contributed by atoms with Gasteiger partial charge in [0.15, 0.2) is 0 Å². The van der Waals surface area contributed by atoms with Gasteiger partial charge in [0.1, 0.15) is 0 Å². The minimum absolute atomic E-state index is 0.224. The van der Waals surface area contributed by atoms with Crippen LogP contribution in [0, 0.1) is 0 Å². The van der Waals surface area contributed by atoms with E-state index in [1.807, 2.05) is 60.7 Å². The summed E-state index contributed by atoms with van der Waals surface area (Å²) >= 11 is 0. The molecule has 0 bridgehead atoms. The van der Waals surface area contributed by atoms with Crippen LogP contribution in [0.15, 0.2) is 90.0 Å². The van der Waals surface area contributed by atoms with Gasteiger partial charge in [-0.05, 0) is 29.0 Å². The molecule has 0 aliphatic rings. The van der Waals surface area contributed by atoms with Crippen molar-refractivity contribution in [3.05, 3.63) is 85.1 Å². The topological polar surface area (TPSA) is 52.0 Å². The summed E-state index contributed by atoms with van der Waals surface area (Å²) < 4.78 is 27.2. The molecule has 0 aliphatic carbocycles. The zero-order chi connectivity index (χ0) is 16.6. The number of benzene rings is 3. The molecule has 0 spiro atoms. The van der Waals surface area contributed by atoms with Gasteiger partial charge in [-0.2, -0.15) is 17.6 Å². The molecule has 0 aliphatic heterocycles. The SMILES string of the molecule is O=S(=O)(c1ccc2ccccc2c1)n1nccc1-c1ccccc1. The molecule has 0 N–H and O–H groups in total. The summed E-state index contributed by atoms with van der Waals surface area (Å²) in [6.45, 7) is 0. The normalized spacial score (nSPS) is 11.7. The van der Waals surface area contributed by atoms with Crippen LogP contribution in [-0.2, 0) is 10.0 Å². The molecule has 0 unspecified atom stereocenters. The third-order valence-corrected chi connectivity index (χ3v) is 5.52. The molecule has 5 heteroatoms. The molecule has 0 saturated heterocycles. The van der Waals surface area contributed by atoms with Crippen LogP contribution in [0.2, 0.25) is 0 Å². The van der Waals surface area contributed by atoms with Crippen molar-refractivity contribution in [2.75, 3.05) is 0 Å². The largest absolute Gasteiger partial charge is 0.283 e. The second-order valence-corrected chi connectivity index (χ2v) is 7.21. The molecule has 0 atom stereocenters.